The summed E-state index contributed by atoms with van der Waals surface area (Å²) >= 11 is 9.46. The summed E-state index contributed by atoms with van der Waals surface area (Å²) in [5, 5.41) is 11.4. The Kier molecular flexibility index (Phi) is 4.16. The molecule has 0 spiro atoms. The van der Waals surface area contributed by atoms with E-state index in [0.717, 1.165) is 10.9 Å². The Labute approximate surface area is 134 Å². The molecule has 112 valence electrons. The molecular formula is C12H13BrClN5O2. The SMILES string of the molecule is O=C(NCCn1cc(Br)cn1)c1nn2c(c1Cl)OCCC2. The third-order valence-electron chi connectivity index (χ3n) is 3.05. The highest BCUT2D eigenvalue weighted by Crippen LogP contribution is 2.30. The van der Waals surface area contributed by atoms with Gasteiger partial charge in [-0.15, -0.1) is 0 Å². The second-order valence-electron chi connectivity index (χ2n) is 4.57. The topological polar surface area (TPSA) is 74.0 Å². The second-order valence-corrected chi connectivity index (χ2v) is 5.86. The number of amides is 1. The Hall–Kier alpha value is -1.54. The number of halogens is 2. The van der Waals surface area contributed by atoms with Crippen LogP contribution < -0.4 is 10.1 Å². The quantitative estimate of drug-likeness (QED) is 0.884. The molecule has 2 aromatic heterocycles. The van der Waals surface area contributed by atoms with Crippen LogP contribution in [-0.4, -0.2) is 38.6 Å². The van der Waals surface area contributed by atoms with E-state index in [2.05, 4.69) is 31.4 Å². The summed E-state index contributed by atoms with van der Waals surface area (Å²) in [6, 6.07) is 0. The molecule has 0 unspecified atom stereocenters. The van der Waals surface area contributed by atoms with Gasteiger partial charge in [0, 0.05) is 25.7 Å². The molecule has 2 aromatic rings. The van der Waals surface area contributed by atoms with E-state index in [0.29, 0.717) is 32.1 Å². The van der Waals surface area contributed by atoms with Crippen LogP contribution in [0.5, 0.6) is 5.88 Å². The molecule has 0 radical (unpaired) electrons. The molecule has 0 fully saturated rings. The Morgan fingerprint density at radius 1 is 1.57 bits per heavy atom. The number of hydrogen-bond donors (Lipinski definition) is 1. The molecule has 0 bridgehead atoms. The van der Waals surface area contributed by atoms with Crippen LogP contribution in [0.15, 0.2) is 16.9 Å². The molecule has 0 saturated carbocycles. The van der Waals surface area contributed by atoms with Crippen molar-refractivity contribution in [2.75, 3.05) is 13.2 Å². The molecule has 1 N–H and O–H groups in total. The maximum Gasteiger partial charge on any atom is 0.273 e. The Morgan fingerprint density at radius 2 is 2.43 bits per heavy atom. The Morgan fingerprint density at radius 3 is 3.14 bits per heavy atom. The van der Waals surface area contributed by atoms with Crippen molar-refractivity contribution in [1.82, 2.24) is 24.9 Å². The standard InChI is InChI=1S/C12H13BrClN5O2/c13-8-6-16-18(7-8)4-2-15-11(20)10-9(14)12-19(17-10)3-1-5-21-12/h6-7H,1-5H2,(H,15,20). The van der Waals surface area contributed by atoms with Crippen LogP contribution in [0.4, 0.5) is 0 Å². The minimum atomic E-state index is -0.309. The molecule has 0 saturated heterocycles. The minimum Gasteiger partial charge on any atom is -0.477 e. The molecule has 0 aliphatic carbocycles. The fourth-order valence-electron chi connectivity index (χ4n) is 2.07. The van der Waals surface area contributed by atoms with E-state index in [1.165, 1.54) is 0 Å². The third-order valence-corrected chi connectivity index (χ3v) is 3.80. The number of aryl methyl sites for hydroxylation is 1. The first-order chi connectivity index (χ1) is 10.1. The van der Waals surface area contributed by atoms with Crippen LogP contribution in [0, 0.1) is 0 Å². The van der Waals surface area contributed by atoms with E-state index in [4.69, 9.17) is 16.3 Å². The van der Waals surface area contributed by atoms with Crippen LogP contribution >= 0.6 is 27.5 Å². The average Bonchev–Trinajstić information content (AvgIpc) is 3.03. The van der Waals surface area contributed by atoms with E-state index >= 15 is 0 Å². The Bertz CT molecular complexity index is 669. The normalized spacial score (nSPS) is 13.6. The fraction of sp³-hybridized carbons (Fsp3) is 0.417. The monoisotopic (exact) mass is 373 g/mol. The first kappa shape index (κ1) is 14.4. The van der Waals surface area contributed by atoms with Gasteiger partial charge in [-0.3, -0.25) is 9.48 Å². The van der Waals surface area contributed by atoms with Crippen LogP contribution in [-0.2, 0) is 13.1 Å². The van der Waals surface area contributed by atoms with Crippen molar-refractivity contribution in [3.05, 3.63) is 27.6 Å². The summed E-state index contributed by atoms with van der Waals surface area (Å²) in [7, 11) is 0. The number of hydrogen-bond acceptors (Lipinski definition) is 4. The van der Waals surface area contributed by atoms with Gasteiger partial charge in [0.15, 0.2) is 5.69 Å². The summed E-state index contributed by atoms with van der Waals surface area (Å²) in [5.74, 6) is 0.167. The van der Waals surface area contributed by atoms with Gasteiger partial charge in [-0.25, -0.2) is 4.68 Å². The van der Waals surface area contributed by atoms with Gasteiger partial charge in [0.2, 0.25) is 5.88 Å². The summed E-state index contributed by atoms with van der Waals surface area (Å²) in [4.78, 5) is 12.1. The lowest BCUT2D eigenvalue weighted by molar-refractivity contribution is 0.0946. The molecule has 7 nitrogen and oxygen atoms in total. The van der Waals surface area contributed by atoms with Crippen molar-refractivity contribution in [1.29, 1.82) is 0 Å². The van der Waals surface area contributed by atoms with Gasteiger partial charge in [-0.05, 0) is 15.9 Å². The zero-order valence-corrected chi connectivity index (χ0v) is 13.4. The lowest BCUT2D eigenvalue weighted by atomic mass is 10.4. The van der Waals surface area contributed by atoms with Gasteiger partial charge < -0.3 is 10.1 Å². The smallest absolute Gasteiger partial charge is 0.273 e. The molecular weight excluding hydrogens is 362 g/mol. The number of rotatable bonds is 4. The van der Waals surface area contributed by atoms with E-state index in [1.807, 2.05) is 6.20 Å². The third kappa shape index (κ3) is 3.06. The van der Waals surface area contributed by atoms with Crippen molar-refractivity contribution >= 4 is 33.4 Å². The highest BCUT2D eigenvalue weighted by atomic mass is 79.9. The van der Waals surface area contributed by atoms with E-state index in [9.17, 15) is 4.79 Å². The number of nitrogens with zero attached hydrogens (tertiary/aromatic N) is 4. The predicted molar refractivity (Wildman–Crippen MR) is 79.6 cm³/mol. The van der Waals surface area contributed by atoms with Crippen molar-refractivity contribution in [2.45, 2.75) is 19.5 Å². The molecule has 3 heterocycles. The highest BCUT2D eigenvalue weighted by Gasteiger charge is 2.24. The number of fused-ring (bicyclic) bond motifs is 1. The summed E-state index contributed by atoms with van der Waals surface area (Å²) < 4.78 is 9.69. The van der Waals surface area contributed by atoms with Gasteiger partial charge in [0.25, 0.3) is 5.91 Å². The first-order valence-electron chi connectivity index (χ1n) is 6.50. The molecule has 1 aliphatic heterocycles. The maximum atomic E-state index is 12.1. The molecule has 0 atom stereocenters. The van der Waals surface area contributed by atoms with Crippen molar-refractivity contribution in [3.63, 3.8) is 0 Å². The number of ether oxygens (including phenoxy) is 1. The average molecular weight is 375 g/mol. The Balaban J connectivity index is 1.61. The zero-order chi connectivity index (χ0) is 14.8. The molecule has 0 aromatic carbocycles. The number of aromatic nitrogens is 4. The number of carbonyl (C=O) groups is 1. The van der Waals surface area contributed by atoms with Gasteiger partial charge >= 0.3 is 0 Å². The molecule has 9 heteroatoms. The van der Waals surface area contributed by atoms with Gasteiger partial charge in [-0.2, -0.15) is 10.2 Å². The molecule has 1 aliphatic rings. The summed E-state index contributed by atoms with van der Waals surface area (Å²) in [6.07, 6.45) is 4.39. The van der Waals surface area contributed by atoms with Crippen LogP contribution in [0.1, 0.15) is 16.9 Å². The number of carbonyl (C=O) groups excluding carboxylic acids is 1. The van der Waals surface area contributed by atoms with E-state index < -0.39 is 0 Å². The summed E-state index contributed by atoms with van der Waals surface area (Å²) in [6.45, 7) is 2.32. The second kappa shape index (κ2) is 6.07. The molecule has 3 rings (SSSR count). The zero-order valence-electron chi connectivity index (χ0n) is 11.1. The predicted octanol–water partition coefficient (Wildman–Crippen LogP) is 1.71. The van der Waals surface area contributed by atoms with Gasteiger partial charge in [0.1, 0.15) is 5.02 Å². The lowest BCUT2D eigenvalue weighted by Crippen LogP contribution is -2.28. The minimum absolute atomic E-state index is 0.204. The maximum absolute atomic E-state index is 12.1. The van der Waals surface area contributed by atoms with Gasteiger partial charge in [0.05, 0.1) is 23.8 Å². The first-order valence-corrected chi connectivity index (χ1v) is 7.67. The van der Waals surface area contributed by atoms with Gasteiger partial charge in [-0.1, -0.05) is 11.6 Å². The summed E-state index contributed by atoms with van der Waals surface area (Å²) in [5.41, 5.74) is 0.204. The van der Waals surface area contributed by atoms with Crippen molar-refractivity contribution in [3.8, 4) is 5.88 Å². The van der Waals surface area contributed by atoms with Crippen molar-refractivity contribution in [2.24, 2.45) is 0 Å². The van der Waals surface area contributed by atoms with Crippen LogP contribution in [0.25, 0.3) is 0 Å². The van der Waals surface area contributed by atoms with E-state index in [-0.39, 0.29) is 16.6 Å². The number of nitrogens with one attached hydrogen (secondary N) is 1. The lowest BCUT2D eigenvalue weighted by Gasteiger charge is -2.14. The van der Waals surface area contributed by atoms with Crippen LogP contribution in [0.2, 0.25) is 5.02 Å². The molecule has 1 amide bonds. The largest absolute Gasteiger partial charge is 0.477 e. The fourth-order valence-corrected chi connectivity index (χ4v) is 2.67. The molecule has 21 heavy (non-hydrogen) atoms. The highest BCUT2D eigenvalue weighted by molar-refractivity contribution is 9.10. The van der Waals surface area contributed by atoms with E-state index in [1.54, 1.807) is 15.6 Å². The van der Waals surface area contributed by atoms with Crippen molar-refractivity contribution < 1.29 is 9.53 Å². The van der Waals surface area contributed by atoms with Crippen LogP contribution in [0.3, 0.4) is 0 Å².